The summed E-state index contributed by atoms with van der Waals surface area (Å²) in [6, 6.07) is 2.70. The first-order valence-electron chi connectivity index (χ1n) is 5.90. The van der Waals surface area contributed by atoms with Crippen LogP contribution in [0, 0.1) is 5.82 Å². The lowest BCUT2D eigenvalue weighted by molar-refractivity contribution is -0.140. The number of likely N-dealkylation sites (N-methyl/N-ethyl adjacent to an activating group) is 2. The van der Waals surface area contributed by atoms with Gasteiger partial charge in [-0.05, 0) is 26.2 Å². The van der Waals surface area contributed by atoms with Gasteiger partial charge in [-0.1, -0.05) is 6.07 Å². The number of alkyl halides is 3. The quantitative estimate of drug-likeness (QED) is 0.796. The van der Waals surface area contributed by atoms with Crippen LogP contribution in [0.3, 0.4) is 0 Å². The van der Waals surface area contributed by atoms with Crippen molar-refractivity contribution in [2.75, 3.05) is 34.2 Å². The number of hydrogen-bond donors (Lipinski definition) is 0. The van der Waals surface area contributed by atoms with Crippen molar-refractivity contribution >= 4 is 5.91 Å². The maximum atomic E-state index is 13.8. The van der Waals surface area contributed by atoms with Crippen LogP contribution < -0.4 is 0 Å². The fraction of sp³-hybridized carbons (Fsp3) is 0.462. The molecular weight excluding hydrogens is 276 g/mol. The van der Waals surface area contributed by atoms with Crippen molar-refractivity contribution in [3.05, 3.63) is 35.1 Å². The molecule has 1 amide bonds. The molecule has 0 aliphatic carbocycles. The molecule has 3 nitrogen and oxygen atoms in total. The number of carbonyl (C=O) groups excluding carboxylic acids is 1. The Kier molecular flexibility index (Phi) is 5.10. The van der Waals surface area contributed by atoms with Gasteiger partial charge in [-0.3, -0.25) is 4.79 Å². The second-order valence-electron chi connectivity index (χ2n) is 4.69. The van der Waals surface area contributed by atoms with Crippen molar-refractivity contribution in [1.82, 2.24) is 9.80 Å². The van der Waals surface area contributed by atoms with Crippen LogP contribution in [0.15, 0.2) is 18.2 Å². The van der Waals surface area contributed by atoms with Crippen LogP contribution in [0.1, 0.15) is 15.9 Å². The normalized spacial score (nSPS) is 11.8. The molecule has 1 rings (SSSR count). The summed E-state index contributed by atoms with van der Waals surface area (Å²) in [5, 5.41) is 0. The van der Waals surface area contributed by atoms with E-state index in [9.17, 15) is 22.4 Å². The van der Waals surface area contributed by atoms with Crippen LogP contribution in [0.2, 0.25) is 0 Å². The molecule has 112 valence electrons. The standard InChI is InChI=1S/C13H16F4N2O/c1-18(2)7-8-19(3)12(20)9-5-4-6-10(11(9)14)13(15,16)17/h4-6H,7-8H2,1-3H3. The van der Waals surface area contributed by atoms with Gasteiger partial charge in [-0.2, -0.15) is 13.2 Å². The Labute approximate surface area is 114 Å². The van der Waals surface area contributed by atoms with Gasteiger partial charge < -0.3 is 9.80 Å². The number of nitrogens with zero attached hydrogens (tertiary/aromatic N) is 2. The fourth-order valence-corrected chi connectivity index (χ4v) is 1.57. The third-order valence-electron chi connectivity index (χ3n) is 2.76. The van der Waals surface area contributed by atoms with E-state index in [0.717, 1.165) is 12.1 Å². The van der Waals surface area contributed by atoms with Crippen molar-refractivity contribution in [1.29, 1.82) is 0 Å². The zero-order valence-electron chi connectivity index (χ0n) is 11.5. The molecule has 0 atom stereocenters. The third kappa shape index (κ3) is 3.93. The largest absolute Gasteiger partial charge is 0.419 e. The molecule has 0 bridgehead atoms. The predicted molar refractivity (Wildman–Crippen MR) is 66.9 cm³/mol. The van der Waals surface area contributed by atoms with E-state index < -0.39 is 29.0 Å². The first-order chi connectivity index (χ1) is 9.14. The first-order valence-corrected chi connectivity index (χ1v) is 5.90. The van der Waals surface area contributed by atoms with E-state index in [-0.39, 0.29) is 0 Å². The molecule has 20 heavy (non-hydrogen) atoms. The summed E-state index contributed by atoms with van der Waals surface area (Å²) in [6.07, 6.45) is -4.82. The molecule has 0 saturated carbocycles. The van der Waals surface area contributed by atoms with Crippen molar-refractivity contribution in [2.24, 2.45) is 0 Å². The smallest absolute Gasteiger partial charge is 0.340 e. The Balaban J connectivity index is 3.00. The Morgan fingerprint density at radius 3 is 2.25 bits per heavy atom. The molecule has 0 aromatic heterocycles. The highest BCUT2D eigenvalue weighted by Gasteiger charge is 2.36. The zero-order valence-corrected chi connectivity index (χ0v) is 11.5. The predicted octanol–water partition coefficient (Wildman–Crippen LogP) is 2.48. The summed E-state index contributed by atoms with van der Waals surface area (Å²) < 4.78 is 51.5. The molecule has 0 saturated heterocycles. The van der Waals surface area contributed by atoms with Crippen LogP contribution >= 0.6 is 0 Å². The molecule has 0 radical (unpaired) electrons. The molecule has 0 unspecified atom stereocenters. The van der Waals surface area contributed by atoms with E-state index in [0.29, 0.717) is 19.2 Å². The van der Waals surface area contributed by atoms with E-state index in [4.69, 9.17) is 0 Å². The highest BCUT2D eigenvalue weighted by molar-refractivity contribution is 5.94. The summed E-state index contributed by atoms with van der Waals surface area (Å²) in [5.74, 6) is -2.29. The molecule has 0 fully saturated rings. The van der Waals surface area contributed by atoms with Gasteiger partial charge in [-0.15, -0.1) is 0 Å². The summed E-state index contributed by atoms with van der Waals surface area (Å²) in [6.45, 7) is 0.824. The number of benzene rings is 1. The number of carbonyl (C=O) groups is 1. The van der Waals surface area contributed by atoms with Crippen LogP contribution in [0.5, 0.6) is 0 Å². The zero-order chi connectivity index (χ0) is 15.5. The van der Waals surface area contributed by atoms with Gasteiger partial charge in [0.15, 0.2) is 0 Å². The summed E-state index contributed by atoms with van der Waals surface area (Å²) >= 11 is 0. The van der Waals surface area contributed by atoms with Gasteiger partial charge in [0.2, 0.25) is 0 Å². The van der Waals surface area contributed by atoms with Gasteiger partial charge >= 0.3 is 6.18 Å². The van der Waals surface area contributed by atoms with Crippen molar-refractivity contribution in [3.8, 4) is 0 Å². The van der Waals surface area contributed by atoms with E-state index in [1.165, 1.54) is 11.9 Å². The average Bonchev–Trinajstić information content (AvgIpc) is 2.33. The van der Waals surface area contributed by atoms with Gasteiger partial charge in [0.1, 0.15) is 5.82 Å². The van der Waals surface area contributed by atoms with Crippen molar-refractivity contribution in [2.45, 2.75) is 6.18 Å². The molecule has 0 aliphatic rings. The van der Waals surface area contributed by atoms with Gasteiger partial charge in [-0.25, -0.2) is 4.39 Å². The SMILES string of the molecule is CN(C)CCN(C)C(=O)c1cccc(C(F)(F)F)c1F. The maximum Gasteiger partial charge on any atom is 0.419 e. The van der Waals surface area contributed by atoms with Crippen LogP contribution in [-0.2, 0) is 6.18 Å². The lowest BCUT2D eigenvalue weighted by atomic mass is 10.1. The van der Waals surface area contributed by atoms with E-state index in [1.807, 2.05) is 4.90 Å². The van der Waals surface area contributed by atoms with Crippen molar-refractivity contribution in [3.63, 3.8) is 0 Å². The third-order valence-corrected chi connectivity index (χ3v) is 2.76. The minimum atomic E-state index is -4.82. The number of halogens is 4. The van der Waals surface area contributed by atoms with Crippen molar-refractivity contribution < 1.29 is 22.4 Å². The second kappa shape index (κ2) is 6.21. The summed E-state index contributed by atoms with van der Waals surface area (Å²) in [7, 11) is 5.01. The van der Waals surface area contributed by atoms with E-state index in [1.54, 1.807) is 14.1 Å². The monoisotopic (exact) mass is 292 g/mol. The summed E-state index contributed by atoms with van der Waals surface area (Å²) in [5.41, 5.74) is -1.99. The minimum absolute atomic E-state index is 0.293. The number of rotatable bonds is 4. The molecule has 0 aliphatic heterocycles. The molecular formula is C13H16F4N2O. The fourth-order valence-electron chi connectivity index (χ4n) is 1.57. The lowest BCUT2D eigenvalue weighted by Crippen LogP contribution is -2.34. The van der Waals surface area contributed by atoms with Gasteiger partial charge in [0.25, 0.3) is 5.91 Å². The molecule has 1 aromatic rings. The summed E-state index contributed by atoms with van der Waals surface area (Å²) in [4.78, 5) is 15.0. The highest BCUT2D eigenvalue weighted by Crippen LogP contribution is 2.32. The Morgan fingerprint density at radius 2 is 1.75 bits per heavy atom. The van der Waals surface area contributed by atoms with Crippen LogP contribution in [-0.4, -0.2) is 49.9 Å². The highest BCUT2D eigenvalue weighted by atomic mass is 19.4. The first kappa shape index (κ1) is 16.4. The van der Waals surface area contributed by atoms with E-state index >= 15 is 0 Å². The molecule has 0 heterocycles. The van der Waals surface area contributed by atoms with Crippen LogP contribution in [0.4, 0.5) is 17.6 Å². The van der Waals surface area contributed by atoms with E-state index in [2.05, 4.69) is 0 Å². The van der Waals surface area contributed by atoms with Gasteiger partial charge in [0.05, 0.1) is 11.1 Å². The Hall–Kier alpha value is -1.63. The lowest BCUT2D eigenvalue weighted by Gasteiger charge is -2.20. The number of amides is 1. The van der Waals surface area contributed by atoms with Gasteiger partial charge in [0, 0.05) is 20.1 Å². The Morgan fingerprint density at radius 1 is 1.15 bits per heavy atom. The molecule has 0 N–H and O–H groups in total. The van der Waals surface area contributed by atoms with Crippen LogP contribution in [0.25, 0.3) is 0 Å². The molecule has 7 heteroatoms. The topological polar surface area (TPSA) is 23.6 Å². The number of hydrogen-bond acceptors (Lipinski definition) is 2. The minimum Gasteiger partial charge on any atom is -0.340 e. The maximum absolute atomic E-state index is 13.8. The molecule has 0 spiro atoms. The molecule has 1 aromatic carbocycles. The second-order valence-corrected chi connectivity index (χ2v) is 4.69. The average molecular weight is 292 g/mol. The Bertz CT molecular complexity index is 486.